The fraction of sp³-hybridized carbons (Fsp3) is 0.533. The van der Waals surface area contributed by atoms with Crippen LogP contribution < -0.4 is 4.57 Å². The van der Waals surface area contributed by atoms with Gasteiger partial charge in [-0.25, -0.2) is 0 Å². The third-order valence-electron chi connectivity index (χ3n) is 4.90. The van der Waals surface area contributed by atoms with E-state index in [0.29, 0.717) is 12.1 Å². The van der Waals surface area contributed by atoms with Crippen molar-refractivity contribution in [3.05, 3.63) is 36.2 Å². The maximum absolute atomic E-state index is 14.2. The second kappa shape index (κ2) is 5.58. The molecule has 168 valence electrons. The zero-order chi connectivity index (χ0) is 23.3. The normalized spacial score (nSPS) is 29.9. The molecule has 1 nitrogen and oxygen atoms in total. The Bertz CT molecular complexity index is 875. The summed E-state index contributed by atoms with van der Waals surface area (Å²) in [5.41, 5.74) is -6.54. The zero-order valence-corrected chi connectivity index (χ0v) is 13.7. The van der Waals surface area contributed by atoms with E-state index in [1.807, 2.05) is 0 Å². The van der Waals surface area contributed by atoms with Gasteiger partial charge in [0.15, 0.2) is 12.4 Å². The molecule has 3 rings (SSSR count). The van der Waals surface area contributed by atoms with Crippen LogP contribution in [0, 0.1) is 5.92 Å². The molecule has 0 aliphatic heterocycles. The highest BCUT2D eigenvalue weighted by Gasteiger charge is 2.97. The van der Waals surface area contributed by atoms with E-state index in [2.05, 4.69) is 0 Å². The Balaban J connectivity index is 2.49. The van der Waals surface area contributed by atoms with Crippen molar-refractivity contribution in [2.24, 2.45) is 5.92 Å². The molecule has 0 radical (unpaired) electrons. The third kappa shape index (κ3) is 2.13. The standard InChI is InChI=1S/C15H6F14N/c16-9(17)6(7-10(18,19)14(26,27)15(28,29)11(7,20)21)8(12(22,23)13(9,24)25)30-4-2-1-3-5-30/h1-5,7H/q+1. The van der Waals surface area contributed by atoms with Crippen LogP contribution in [0.2, 0.25) is 0 Å². The van der Waals surface area contributed by atoms with Crippen molar-refractivity contribution in [1.29, 1.82) is 0 Å². The van der Waals surface area contributed by atoms with E-state index in [9.17, 15) is 61.5 Å². The molecule has 0 unspecified atom stereocenters. The molecule has 0 amide bonds. The Hall–Kier alpha value is -2.09. The smallest absolute Gasteiger partial charge is 0.199 e. The summed E-state index contributed by atoms with van der Waals surface area (Å²) < 4.78 is 194. The van der Waals surface area contributed by atoms with Crippen LogP contribution in [0.15, 0.2) is 36.2 Å². The molecular formula is C15H6F14N+. The number of pyridine rings is 1. The van der Waals surface area contributed by atoms with Crippen molar-refractivity contribution in [3.8, 4) is 0 Å². The second-order valence-electron chi connectivity index (χ2n) is 6.60. The summed E-state index contributed by atoms with van der Waals surface area (Å²) in [6, 6.07) is 2.34. The number of hydrogen-bond donors (Lipinski definition) is 0. The highest BCUT2D eigenvalue weighted by atomic mass is 19.4. The minimum absolute atomic E-state index is 0.252. The van der Waals surface area contributed by atoms with Gasteiger partial charge in [0.05, 0.1) is 5.57 Å². The molecule has 1 aromatic rings. The van der Waals surface area contributed by atoms with Crippen LogP contribution >= 0.6 is 0 Å². The van der Waals surface area contributed by atoms with Gasteiger partial charge in [0, 0.05) is 12.1 Å². The number of halogens is 14. The predicted molar refractivity (Wildman–Crippen MR) is 68.0 cm³/mol. The topological polar surface area (TPSA) is 3.88 Å². The first-order valence-electron chi connectivity index (χ1n) is 7.59. The van der Waals surface area contributed by atoms with E-state index in [1.54, 1.807) is 0 Å². The summed E-state index contributed by atoms with van der Waals surface area (Å²) in [6.45, 7) is 0. The van der Waals surface area contributed by atoms with Gasteiger partial charge in [-0.05, 0) is 0 Å². The lowest BCUT2D eigenvalue weighted by Gasteiger charge is -2.29. The van der Waals surface area contributed by atoms with E-state index >= 15 is 0 Å². The van der Waals surface area contributed by atoms with Crippen molar-refractivity contribution >= 4 is 5.70 Å². The van der Waals surface area contributed by atoms with Crippen molar-refractivity contribution in [3.63, 3.8) is 0 Å². The van der Waals surface area contributed by atoms with E-state index < -0.39 is 63.2 Å². The van der Waals surface area contributed by atoms with Crippen molar-refractivity contribution in [2.75, 3.05) is 0 Å². The minimum atomic E-state index is -7.03. The summed E-state index contributed by atoms with van der Waals surface area (Å²) in [5.74, 6) is -52.6. The van der Waals surface area contributed by atoms with Gasteiger partial charge in [-0.1, -0.05) is 6.07 Å². The number of alkyl halides is 14. The molecule has 1 heterocycles. The lowest BCUT2D eigenvalue weighted by Crippen LogP contribution is -2.53. The molecule has 2 aliphatic rings. The molecule has 1 saturated carbocycles. The van der Waals surface area contributed by atoms with Crippen LogP contribution in [-0.2, 0) is 0 Å². The van der Waals surface area contributed by atoms with Gasteiger partial charge in [0.25, 0.3) is 5.70 Å². The minimum Gasteiger partial charge on any atom is -0.199 e. The average molecular weight is 466 g/mol. The Morgan fingerprint density at radius 1 is 0.533 bits per heavy atom. The first-order valence-corrected chi connectivity index (χ1v) is 7.59. The van der Waals surface area contributed by atoms with E-state index in [4.69, 9.17) is 0 Å². The molecule has 1 aromatic heterocycles. The predicted octanol–water partition coefficient (Wildman–Crippen LogP) is 5.28. The zero-order valence-electron chi connectivity index (χ0n) is 13.7. The van der Waals surface area contributed by atoms with E-state index in [0.717, 1.165) is 6.07 Å². The van der Waals surface area contributed by atoms with Crippen LogP contribution in [0.5, 0.6) is 0 Å². The van der Waals surface area contributed by atoms with Crippen LogP contribution in [0.1, 0.15) is 0 Å². The fourth-order valence-electron chi connectivity index (χ4n) is 3.37. The fourth-order valence-corrected chi connectivity index (χ4v) is 3.37. The number of hydrogen-bond acceptors (Lipinski definition) is 0. The maximum Gasteiger partial charge on any atom is 0.398 e. The third-order valence-corrected chi connectivity index (χ3v) is 4.90. The second-order valence-corrected chi connectivity index (χ2v) is 6.60. The number of rotatable bonds is 2. The average Bonchev–Trinajstić information content (AvgIpc) is 2.73. The van der Waals surface area contributed by atoms with Gasteiger partial charge in [-0.3, -0.25) is 0 Å². The lowest BCUT2D eigenvalue weighted by atomic mass is 9.87. The highest BCUT2D eigenvalue weighted by molar-refractivity contribution is 5.63. The van der Waals surface area contributed by atoms with Gasteiger partial charge in [0.1, 0.15) is 5.92 Å². The molecule has 0 saturated heterocycles. The largest absolute Gasteiger partial charge is 0.398 e. The Morgan fingerprint density at radius 3 is 1.33 bits per heavy atom. The molecule has 1 fully saturated rings. The quantitative estimate of drug-likeness (QED) is 0.413. The van der Waals surface area contributed by atoms with Gasteiger partial charge in [0.2, 0.25) is 0 Å². The van der Waals surface area contributed by atoms with Crippen LogP contribution in [0.4, 0.5) is 61.5 Å². The molecular weight excluding hydrogens is 460 g/mol. The molecule has 30 heavy (non-hydrogen) atoms. The molecule has 0 atom stereocenters. The first-order chi connectivity index (χ1) is 13.2. The number of nitrogens with zero attached hydrogens (tertiary/aromatic N) is 1. The van der Waals surface area contributed by atoms with Gasteiger partial charge in [-0.2, -0.15) is 66.0 Å². The van der Waals surface area contributed by atoms with Crippen molar-refractivity contribution in [2.45, 2.75) is 41.5 Å². The highest BCUT2D eigenvalue weighted by Crippen LogP contribution is 2.72. The molecule has 15 heteroatoms. The van der Waals surface area contributed by atoms with E-state index in [-0.39, 0.29) is 12.4 Å². The first kappa shape index (κ1) is 22.6. The summed E-state index contributed by atoms with van der Waals surface area (Å²) in [6.07, 6.45) is 0.504. The Morgan fingerprint density at radius 2 is 0.933 bits per heavy atom. The molecule has 0 N–H and O–H groups in total. The van der Waals surface area contributed by atoms with Crippen molar-refractivity contribution < 1.29 is 66.0 Å². The van der Waals surface area contributed by atoms with Gasteiger partial charge < -0.3 is 0 Å². The van der Waals surface area contributed by atoms with Crippen LogP contribution in [-0.4, -0.2) is 41.5 Å². The maximum atomic E-state index is 14.2. The number of allylic oxidation sites excluding steroid dienone is 2. The summed E-state index contributed by atoms with van der Waals surface area (Å²) in [5, 5.41) is 0. The Labute approximate surface area is 156 Å². The molecule has 0 aromatic carbocycles. The molecule has 0 bridgehead atoms. The monoisotopic (exact) mass is 466 g/mol. The molecule has 0 spiro atoms. The Kier molecular flexibility index (Phi) is 4.20. The van der Waals surface area contributed by atoms with Crippen LogP contribution in [0.3, 0.4) is 0 Å². The summed E-state index contributed by atoms with van der Waals surface area (Å²) >= 11 is 0. The van der Waals surface area contributed by atoms with Crippen molar-refractivity contribution in [1.82, 2.24) is 0 Å². The number of aromatic nitrogens is 1. The summed E-state index contributed by atoms with van der Waals surface area (Å²) in [7, 11) is 0. The summed E-state index contributed by atoms with van der Waals surface area (Å²) in [4.78, 5) is 0. The van der Waals surface area contributed by atoms with Gasteiger partial charge in [-0.15, -0.1) is 0 Å². The van der Waals surface area contributed by atoms with E-state index in [1.165, 1.54) is 0 Å². The SMILES string of the molecule is FC1(F)C(C2C(F)(F)C(F)(F)C(F)(F)C2(F)F)=C([n+]2ccccc2)C(F)(F)C1(F)F. The van der Waals surface area contributed by atoms with Crippen LogP contribution in [0.25, 0.3) is 5.70 Å². The van der Waals surface area contributed by atoms with Gasteiger partial charge >= 0.3 is 41.5 Å². The molecule has 2 aliphatic carbocycles. The lowest BCUT2D eigenvalue weighted by molar-refractivity contribution is -0.594.